The molecule has 0 aromatic heterocycles. The Bertz CT molecular complexity index is 653. The minimum Gasteiger partial charge on any atom is -0.393 e. The third-order valence-corrected chi connectivity index (χ3v) is 9.90. The van der Waals surface area contributed by atoms with Crippen LogP contribution >= 0.6 is 0 Å². The molecule has 1 unspecified atom stereocenters. The molecule has 0 aromatic carbocycles. The highest BCUT2D eigenvalue weighted by molar-refractivity contribution is 5.34. The molecular formula is C27H44O. The van der Waals surface area contributed by atoms with E-state index >= 15 is 0 Å². The molecule has 0 bridgehead atoms. The van der Waals surface area contributed by atoms with Crippen molar-refractivity contribution in [2.45, 2.75) is 111 Å². The Kier molecular flexibility index (Phi) is 5.62. The molecule has 158 valence electrons. The summed E-state index contributed by atoms with van der Waals surface area (Å²) in [7, 11) is 0. The molecule has 2 saturated carbocycles. The molecule has 7 atom stereocenters. The van der Waals surface area contributed by atoms with Gasteiger partial charge in [0, 0.05) is 0 Å². The Morgan fingerprint density at radius 3 is 2.64 bits per heavy atom. The van der Waals surface area contributed by atoms with Gasteiger partial charge in [0.05, 0.1) is 6.10 Å². The van der Waals surface area contributed by atoms with E-state index in [1.54, 1.807) is 0 Å². The van der Waals surface area contributed by atoms with E-state index in [0.717, 1.165) is 36.5 Å². The topological polar surface area (TPSA) is 20.2 Å². The van der Waals surface area contributed by atoms with Crippen molar-refractivity contribution in [2.75, 3.05) is 0 Å². The second-order valence-corrected chi connectivity index (χ2v) is 11.7. The molecule has 2 fully saturated rings. The maximum Gasteiger partial charge on any atom is 0.0543 e. The zero-order chi connectivity index (χ0) is 20.1. The van der Waals surface area contributed by atoms with Crippen LogP contribution in [0.5, 0.6) is 0 Å². The Labute approximate surface area is 174 Å². The van der Waals surface area contributed by atoms with Crippen molar-refractivity contribution >= 4 is 0 Å². The lowest BCUT2D eigenvalue weighted by Crippen LogP contribution is -2.45. The Morgan fingerprint density at radius 1 is 1.11 bits per heavy atom. The number of allylic oxidation sites excluding steroid dienone is 4. The number of fused-ring (bicyclic) bond motifs is 4. The van der Waals surface area contributed by atoms with Gasteiger partial charge >= 0.3 is 0 Å². The first kappa shape index (κ1) is 20.7. The molecule has 0 aliphatic heterocycles. The van der Waals surface area contributed by atoms with Crippen LogP contribution in [0.15, 0.2) is 22.8 Å². The molecule has 1 heteroatoms. The summed E-state index contributed by atoms with van der Waals surface area (Å²) in [6, 6.07) is 0. The molecule has 4 aliphatic rings. The summed E-state index contributed by atoms with van der Waals surface area (Å²) in [5.41, 5.74) is 6.19. The van der Waals surface area contributed by atoms with Gasteiger partial charge in [-0.2, -0.15) is 0 Å². The third kappa shape index (κ3) is 3.34. The van der Waals surface area contributed by atoms with Gasteiger partial charge in [-0.3, -0.25) is 0 Å². The summed E-state index contributed by atoms with van der Waals surface area (Å²) in [5.74, 6) is 3.36. The number of rotatable bonds is 4. The molecule has 0 aromatic rings. The van der Waals surface area contributed by atoms with Crippen LogP contribution in [0.1, 0.15) is 105 Å². The monoisotopic (exact) mass is 384 g/mol. The Balaban J connectivity index is 1.55. The van der Waals surface area contributed by atoms with Gasteiger partial charge in [-0.15, -0.1) is 0 Å². The minimum atomic E-state index is -0.0356. The average Bonchev–Trinajstić information content (AvgIpc) is 2.99. The van der Waals surface area contributed by atoms with Crippen LogP contribution in [-0.2, 0) is 0 Å². The zero-order valence-corrected chi connectivity index (χ0v) is 19.2. The predicted octanol–water partition coefficient (Wildman–Crippen LogP) is 7.45. The highest BCUT2D eigenvalue weighted by Crippen LogP contribution is 2.65. The first-order valence-electron chi connectivity index (χ1n) is 12.3. The Hall–Kier alpha value is -0.560. The minimum absolute atomic E-state index is 0.0356. The molecular weight excluding hydrogens is 340 g/mol. The van der Waals surface area contributed by atoms with Crippen molar-refractivity contribution in [1.29, 1.82) is 0 Å². The van der Waals surface area contributed by atoms with E-state index in [9.17, 15) is 5.11 Å². The van der Waals surface area contributed by atoms with Crippen LogP contribution in [0.4, 0.5) is 0 Å². The molecule has 0 amide bonds. The van der Waals surface area contributed by atoms with E-state index in [-0.39, 0.29) is 6.10 Å². The summed E-state index contributed by atoms with van der Waals surface area (Å²) >= 11 is 0. The van der Waals surface area contributed by atoms with Crippen LogP contribution in [0, 0.1) is 34.5 Å². The highest BCUT2D eigenvalue weighted by Gasteiger charge is 2.55. The lowest BCUT2D eigenvalue weighted by molar-refractivity contribution is 0.0133. The zero-order valence-electron chi connectivity index (χ0n) is 19.2. The van der Waals surface area contributed by atoms with Gasteiger partial charge in [0.2, 0.25) is 0 Å². The first-order chi connectivity index (χ1) is 13.3. The molecule has 4 aliphatic carbocycles. The van der Waals surface area contributed by atoms with Crippen LogP contribution in [0.25, 0.3) is 0 Å². The summed E-state index contributed by atoms with van der Waals surface area (Å²) in [5, 5.41) is 10.2. The SMILES string of the molecule is CC(C)=CCC[C@@H](C)[C@H]1CC[C@H]2C3=C(CC[C@]12C)[C@@]1(C)CC[C@@H](O)CC1CC3. The maximum absolute atomic E-state index is 10.2. The summed E-state index contributed by atoms with van der Waals surface area (Å²) in [4.78, 5) is 0. The molecule has 0 radical (unpaired) electrons. The van der Waals surface area contributed by atoms with Gasteiger partial charge in [-0.1, -0.05) is 43.6 Å². The standard InChI is InChI=1S/C27H44O/c1-18(2)7-6-8-19(3)23-11-12-24-22-10-9-20-17-21(28)13-15-26(20,4)25(22)14-16-27(23,24)5/h7,19-21,23-24,28H,6,8-17H2,1-5H3/t19-,20?,21-,23-,24+,26+,27-/m1/s1. The van der Waals surface area contributed by atoms with E-state index in [1.165, 1.54) is 63.4 Å². The quantitative estimate of drug-likeness (QED) is 0.499. The fourth-order valence-electron chi connectivity index (χ4n) is 8.25. The number of aliphatic hydroxyl groups is 1. The molecule has 0 spiro atoms. The number of hydrogen-bond acceptors (Lipinski definition) is 1. The average molecular weight is 385 g/mol. The van der Waals surface area contributed by atoms with Crippen molar-refractivity contribution in [2.24, 2.45) is 34.5 Å². The lowest BCUT2D eigenvalue weighted by atomic mass is 9.50. The lowest BCUT2D eigenvalue weighted by Gasteiger charge is -2.55. The summed E-state index contributed by atoms with van der Waals surface area (Å²) < 4.78 is 0. The fourth-order valence-corrected chi connectivity index (χ4v) is 8.25. The largest absolute Gasteiger partial charge is 0.393 e. The third-order valence-electron chi connectivity index (χ3n) is 9.90. The van der Waals surface area contributed by atoms with Crippen molar-refractivity contribution in [1.82, 2.24) is 0 Å². The van der Waals surface area contributed by atoms with Crippen LogP contribution < -0.4 is 0 Å². The van der Waals surface area contributed by atoms with Gasteiger partial charge in [-0.25, -0.2) is 0 Å². The molecule has 1 nitrogen and oxygen atoms in total. The smallest absolute Gasteiger partial charge is 0.0543 e. The van der Waals surface area contributed by atoms with E-state index in [1.807, 2.05) is 11.1 Å². The van der Waals surface area contributed by atoms with Crippen LogP contribution in [0.3, 0.4) is 0 Å². The van der Waals surface area contributed by atoms with Gasteiger partial charge in [-0.05, 0) is 119 Å². The van der Waals surface area contributed by atoms with Gasteiger partial charge < -0.3 is 5.11 Å². The number of hydrogen-bond donors (Lipinski definition) is 1. The fraction of sp³-hybridized carbons (Fsp3) is 0.852. The molecule has 0 saturated heterocycles. The van der Waals surface area contributed by atoms with Gasteiger partial charge in [0.15, 0.2) is 0 Å². The molecule has 1 N–H and O–H groups in total. The highest BCUT2D eigenvalue weighted by atomic mass is 16.3. The van der Waals surface area contributed by atoms with Gasteiger partial charge in [0.25, 0.3) is 0 Å². The van der Waals surface area contributed by atoms with E-state index in [4.69, 9.17) is 0 Å². The van der Waals surface area contributed by atoms with E-state index < -0.39 is 0 Å². The van der Waals surface area contributed by atoms with E-state index in [2.05, 4.69) is 40.7 Å². The molecule has 28 heavy (non-hydrogen) atoms. The van der Waals surface area contributed by atoms with Crippen LogP contribution in [-0.4, -0.2) is 11.2 Å². The van der Waals surface area contributed by atoms with E-state index in [0.29, 0.717) is 10.8 Å². The van der Waals surface area contributed by atoms with Crippen molar-refractivity contribution in [3.63, 3.8) is 0 Å². The molecule has 4 rings (SSSR count). The van der Waals surface area contributed by atoms with Crippen LogP contribution in [0.2, 0.25) is 0 Å². The van der Waals surface area contributed by atoms with Crippen molar-refractivity contribution in [3.8, 4) is 0 Å². The van der Waals surface area contributed by atoms with Crippen molar-refractivity contribution in [3.05, 3.63) is 22.8 Å². The number of aliphatic hydroxyl groups excluding tert-OH is 1. The summed E-state index contributed by atoms with van der Waals surface area (Å²) in [6.45, 7) is 12.2. The Morgan fingerprint density at radius 2 is 1.89 bits per heavy atom. The first-order valence-corrected chi connectivity index (χ1v) is 12.3. The molecule has 0 heterocycles. The van der Waals surface area contributed by atoms with Crippen molar-refractivity contribution < 1.29 is 5.11 Å². The second-order valence-electron chi connectivity index (χ2n) is 11.7. The summed E-state index contributed by atoms with van der Waals surface area (Å²) in [6.07, 6.45) is 16.7. The normalized spacial score (nSPS) is 43.8. The van der Waals surface area contributed by atoms with Gasteiger partial charge in [0.1, 0.15) is 0 Å². The predicted molar refractivity (Wildman–Crippen MR) is 119 cm³/mol. The second kappa shape index (κ2) is 7.60. The maximum atomic E-state index is 10.2.